The first-order valence-corrected chi connectivity index (χ1v) is 7.74. The van der Waals surface area contributed by atoms with Crippen molar-refractivity contribution in [2.45, 2.75) is 46.2 Å². The van der Waals surface area contributed by atoms with Gasteiger partial charge in [-0.25, -0.2) is 0 Å². The number of aliphatic hydroxyl groups excluding tert-OH is 1. The van der Waals surface area contributed by atoms with Gasteiger partial charge in [-0.1, -0.05) is 0 Å². The molecule has 1 fully saturated rings. The molecule has 0 atom stereocenters. The van der Waals surface area contributed by atoms with E-state index < -0.39 is 0 Å². The zero-order chi connectivity index (χ0) is 15.4. The minimum atomic E-state index is -0.00897. The Kier molecular flexibility index (Phi) is 5.36. The molecule has 118 valence electrons. The van der Waals surface area contributed by atoms with Crippen LogP contribution in [0.5, 0.6) is 0 Å². The van der Waals surface area contributed by atoms with Gasteiger partial charge in [0.15, 0.2) is 0 Å². The van der Waals surface area contributed by atoms with Crippen molar-refractivity contribution in [3.63, 3.8) is 0 Å². The molecule has 0 spiro atoms. The number of β-amino-alcohol motifs (C(OH)–C–C–N with tert-alkyl or cyclic N) is 1. The molecule has 0 saturated carbocycles. The number of aliphatic hydroxyl groups is 1. The lowest BCUT2D eigenvalue weighted by Crippen LogP contribution is -2.45. The highest BCUT2D eigenvalue weighted by Gasteiger charge is 2.24. The van der Waals surface area contributed by atoms with E-state index >= 15 is 0 Å². The number of hydrogen-bond acceptors (Lipinski definition) is 4. The summed E-state index contributed by atoms with van der Waals surface area (Å²) in [5, 5.41) is 16.5. The van der Waals surface area contributed by atoms with Gasteiger partial charge in [-0.15, -0.1) is 0 Å². The Bertz CT molecular complexity index is 490. The number of carbonyl (C=O) groups is 1. The molecule has 6 heteroatoms. The maximum atomic E-state index is 12.5. The molecule has 0 radical (unpaired) electrons. The second-order valence-electron chi connectivity index (χ2n) is 5.67. The molecule has 1 aromatic heterocycles. The first-order chi connectivity index (χ1) is 10.1. The van der Waals surface area contributed by atoms with Gasteiger partial charge in [0.1, 0.15) is 0 Å². The summed E-state index contributed by atoms with van der Waals surface area (Å²) in [6.07, 6.45) is 1.87. The summed E-state index contributed by atoms with van der Waals surface area (Å²) in [5.74, 6) is -0.00897. The van der Waals surface area contributed by atoms with Gasteiger partial charge in [0.25, 0.3) is 5.91 Å². The molecule has 1 aliphatic rings. The highest BCUT2D eigenvalue weighted by molar-refractivity contribution is 5.96. The summed E-state index contributed by atoms with van der Waals surface area (Å²) < 4.78 is 1.87. The number of hydrogen-bond donors (Lipinski definition) is 2. The number of aromatic nitrogens is 2. The number of nitrogens with one attached hydrogen (secondary N) is 1. The van der Waals surface area contributed by atoms with Crippen LogP contribution >= 0.6 is 0 Å². The molecule has 2 N–H and O–H groups in total. The molecule has 1 amide bonds. The molecular weight excluding hydrogens is 268 g/mol. The predicted octanol–water partition coefficient (Wildman–Crippen LogP) is 0.706. The molecule has 2 rings (SSSR count). The van der Waals surface area contributed by atoms with E-state index in [9.17, 15) is 4.79 Å². The smallest absolute Gasteiger partial charge is 0.255 e. The highest BCUT2D eigenvalue weighted by atomic mass is 16.3. The van der Waals surface area contributed by atoms with Crippen molar-refractivity contribution in [1.82, 2.24) is 20.0 Å². The lowest BCUT2D eigenvalue weighted by molar-refractivity contribution is 0.0902. The Hall–Kier alpha value is -1.40. The van der Waals surface area contributed by atoms with Gasteiger partial charge in [-0.2, -0.15) is 5.10 Å². The van der Waals surface area contributed by atoms with E-state index in [0.29, 0.717) is 0 Å². The van der Waals surface area contributed by atoms with Crippen LogP contribution in [0.25, 0.3) is 0 Å². The number of piperidine rings is 1. The van der Waals surface area contributed by atoms with Crippen LogP contribution in [0.15, 0.2) is 0 Å². The summed E-state index contributed by atoms with van der Waals surface area (Å²) in [7, 11) is 0. The number of likely N-dealkylation sites (tertiary alicyclic amines) is 1. The average molecular weight is 294 g/mol. The maximum absolute atomic E-state index is 12.5. The van der Waals surface area contributed by atoms with E-state index in [4.69, 9.17) is 5.11 Å². The highest BCUT2D eigenvalue weighted by Crippen LogP contribution is 2.15. The summed E-state index contributed by atoms with van der Waals surface area (Å²) in [6.45, 7) is 9.42. The van der Waals surface area contributed by atoms with Crippen molar-refractivity contribution >= 4 is 5.91 Å². The van der Waals surface area contributed by atoms with Crippen LogP contribution in [-0.2, 0) is 6.54 Å². The second-order valence-corrected chi connectivity index (χ2v) is 5.67. The molecule has 0 bridgehead atoms. The third kappa shape index (κ3) is 3.63. The molecule has 0 aliphatic carbocycles. The van der Waals surface area contributed by atoms with Crippen molar-refractivity contribution in [3.8, 4) is 0 Å². The van der Waals surface area contributed by atoms with Crippen molar-refractivity contribution in [2.75, 3.05) is 26.2 Å². The number of nitrogens with zero attached hydrogens (tertiary/aromatic N) is 3. The van der Waals surface area contributed by atoms with E-state index in [1.807, 2.05) is 25.5 Å². The predicted molar refractivity (Wildman–Crippen MR) is 81.4 cm³/mol. The summed E-state index contributed by atoms with van der Waals surface area (Å²) in [5.41, 5.74) is 2.45. The van der Waals surface area contributed by atoms with Gasteiger partial charge in [-0.05, 0) is 33.6 Å². The van der Waals surface area contributed by atoms with Gasteiger partial charge in [-0.3, -0.25) is 9.48 Å². The zero-order valence-electron chi connectivity index (χ0n) is 13.2. The maximum Gasteiger partial charge on any atom is 0.255 e. The minimum Gasteiger partial charge on any atom is -0.395 e. The molecule has 1 saturated heterocycles. The summed E-state index contributed by atoms with van der Waals surface area (Å²) in [4.78, 5) is 14.7. The van der Waals surface area contributed by atoms with Crippen LogP contribution in [0.4, 0.5) is 0 Å². The molecule has 1 aromatic rings. The molecular formula is C15H26N4O2. The van der Waals surface area contributed by atoms with Gasteiger partial charge in [0, 0.05) is 37.9 Å². The Morgan fingerprint density at radius 1 is 1.38 bits per heavy atom. The fraction of sp³-hybridized carbons (Fsp3) is 0.733. The number of amides is 1. The minimum absolute atomic E-state index is 0.00897. The van der Waals surface area contributed by atoms with Crippen LogP contribution in [0, 0.1) is 13.8 Å². The normalized spacial score (nSPS) is 17.1. The third-order valence-corrected chi connectivity index (χ3v) is 4.25. The molecule has 6 nitrogen and oxygen atoms in total. The van der Waals surface area contributed by atoms with E-state index in [0.717, 1.165) is 56.0 Å². The van der Waals surface area contributed by atoms with Crippen LogP contribution in [0.1, 0.15) is 41.5 Å². The third-order valence-electron chi connectivity index (χ3n) is 4.25. The summed E-state index contributed by atoms with van der Waals surface area (Å²) in [6, 6.07) is 0.219. The summed E-state index contributed by atoms with van der Waals surface area (Å²) >= 11 is 0. The van der Waals surface area contributed by atoms with Crippen LogP contribution in [0.3, 0.4) is 0 Å². The zero-order valence-corrected chi connectivity index (χ0v) is 13.2. The Labute approximate surface area is 126 Å². The lowest BCUT2D eigenvalue weighted by atomic mass is 10.0. The van der Waals surface area contributed by atoms with Gasteiger partial charge >= 0.3 is 0 Å². The largest absolute Gasteiger partial charge is 0.395 e. The van der Waals surface area contributed by atoms with E-state index in [1.165, 1.54) is 0 Å². The van der Waals surface area contributed by atoms with Crippen molar-refractivity contribution in [2.24, 2.45) is 0 Å². The van der Waals surface area contributed by atoms with Crippen molar-refractivity contribution in [1.29, 1.82) is 0 Å². The van der Waals surface area contributed by atoms with Gasteiger partial charge in [0.2, 0.25) is 0 Å². The fourth-order valence-corrected chi connectivity index (χ4v) is 3.03. The van der Waals surface area contributed by atoms with Crippen LogP contribution < -0.4 is 5.32 Å². The SMILES string of the molecule is CCn1nc(C)c(C(=O)NC2CCN(CCO)CC2)c1C. The van der Waals surface area contributed by atoms with E-state index in [1.54, 1.807) is 0 Å². The van der Waals surface area contributed by atoms with E-state index in [2.05, 4.69) is 15.3 Å². The van der Waals surface area contributed by atoms with Gasteiger partial charge < -0.3 is 15.3 Å². The second kappa shape index (κ2) is 7.04. The molecule has 0 unspecified atom stereocenters. The Balaban J connectivity index is 1.95. The lowest BCUT2D eigenvalue weighted by Gasteiger charge is -2.31. The first kappa shape index (κ1) is 16.0. The monoisotopic (exact) mass is 294 g/mol. The molecule has 1 aliphatic heterocycles. The number of rotatable bonds is 5. The average Bonchev–Trinajstić information content (AvgIpc) is 2.75. The Morgan fingerprint density at radius 2 is 2.05 bits per heavy atom. The fourth-order valence-electron chi connectivity index (χ4n) is 3.03. The number of aryl methyl sites for hydroxylation is 2. The van der Waals surface area contributed by atoms with Crippen molar-refractivity contribution in [3.05, 3.63) is 17.0 Å². The van der Waals surface area contributed by atoms with E-state index in [-0.39, 0.29) is 18.6 Å². The topological polar surface area (TPSA) is 70.4 Å². The molecule has 0 aromatic carbocycles. The standard InChI is InChI=1S/C15H26N4O2/c1-4-19-12(3)14(11(2)17-19)15(21)16-13-5-7-18(8-6-13)9-10-20/h13,20H,4-10H2,1-3H3,(H,16,21). The molecule has 2 heterocycles. The van der Waals surface area contributed by atoms with Gasteiger partial charge in [0.05, 0.1) is 17.9 Å². The van der Waals surface area contributed by atoms with Crippen LogP contribution in [-0.4, -0.2) is 58.0 Å². The molecule has 21 heavy (non-hydrogen) atoms. The number of carbonyl (C=O) groups excluding carboxylic acids is 1. The Morgan fingerprint density at radius 3 is 2.57 bits per heavy atom. The van der Waals surface area contributed by atoms with Crippen molar-refractivity contribution < 1.29 is 9.90 Å². The quantitative estimate of drug-likeness (QED) is 0.839. The van der Waals surface area contributed by atoms with Crippen LogP contribution in [0.2, 0.25) is 0 Å². The first-order valence-electron chi connectivity index (χ1n) is 7.74.